The van der Waals surface area contributed by atoms with E-state index in [9.17, 15) is 4.79 Å². The molecule has 1 amide bonds. The van der Waals surface area contributed by atoms with Crippen LogP contribution in [0.1, 0.15) is 33.1 Å². The number of thioether (sulfide) groups is 1. The Morgan fingerprint density at radius 3 is 2.93 bits per heavy atom. The molecule has 0 aromatic rings. The number of nitrogens with one attached hydrogen (secondary N) is 1. The third-order valence-corrected chi connectivity index (χ3v) is 3.90. The molecular weight excluding hydrogens is 196 g/mol. The highest BCUT2D eigenvalue weighted by Gasteiger charge is 2.28. The summed E-state index contributed by atoms with van der Waals surface area (Å²) in [5.41, 5.74) is 5.51. The Morgan fingerprint density at radius 1 is 1.64 bits per heavy atom. The fourth-order valence-corrected chi connectivity index (χ4v) is 3.02. The normalized spacial score (nSPS) is 28.8. The molecular formula is C10H20N2OS. The molecule has 3 N–H and O–H groups in total. The zero-order valence-electron chi connectivity index (χ0n) is 8.95. The first-order valence-electron chi connectivity index (χ1n) is 5.32. The van der Waals surface area contributed by atoms with Crippen LogP contribution in [-0.4, -0.2) is 29.0 Å². The predicted octanol–water partition coefficient (Wildman–Crippen LogP) is 1.12. The van der Waals surface area contributed by atoms with Gasteiger partial charge in [-0.3, -0.25) is 4.79 Å². The number of carbonyl (C=O) groups excluding carboxylic acids is 1. The summed E-state index contributed by atoms with van der Waals surface area (Å²) < 4.78 is 0. The Morgan fingerprint density at radius 2 is 2.36 bits per heavy atom. The summed E-state index contributed by atoms with van der Waals surface area (Å²) in [7, 11) is 0. The molecule has 14 heavy (non-hydrogen) atoms. The van der Waals surface area contributed by atoms with Gasteiger partial charge in [-0.1, -0.05) is 13.3 Å². The van der Waals surface area contributed by atoms with Gasteiger partial charge < -0.3 is 11.1 Å². The molecule has 0 aliphatic heterocycles. The lowest BCUT2D eigenvalue weighted by atomic mass is 10.2. The molecule has 1 saturated carbocycles. The first-order chi connectivity index (χ1) is 6.65. The summed E-state index contributed by atoms with van der Waals surface area (Å²) in [5.74, 6) is 1.11. The zero-order chi connectivity index (χ0) is 10.6. The van der Waals surface area contributed by atoms with E-state index in [-0.39, 0.29) is 11.9 Å². The molecule has 1 aliphatic rings. The van der Waals surface area contributed by atoms with Crippen LogP contribution in [-0.2, 0) is 4.79 Å². The van der Waals surface area contributed by atoms with Gasteiger partial charge in [0.1, 0.15) is 0 Å². The van der Waals surface area contributed by atoms with Crippen molar-refractivity contribution in [1.29, 1.82) is 0 Å². The second kappa shape index (κ2) is 5.61. The van der Waals surface area contributed by atoms with E-state index >= 15 is 0 Å². The molecule has 3 atom stereocenters. The summed E-state index contributed by atoms with van der Waals surface area (Å²) in [6, 6.07) is -0.0404. The summed E-state index contributed by atoms with van der Waals surface area (Å²) in [6.07, 6.45) is 3.56. The van der Waals surface area contributed by atoms with Crippen molar-refractivity contribution in [2.75, 3.05) is 5.75 Å². The van der Waals surface area contributed by atoms with E-state index in [1.54, 1.807) is 6.92 Å². The van der Waals surface area contributed by atoms with Crippen molar-refractivity contribution < 1.29 is 4.79 Å². The Labute approximate surface area is 90.2 Å². The van der Waals surface area contributed by atoms with Crippen LogP contribution in [0.2, 0.25) is 0 Å². The van der Waals surface area contributed by atoms with Crippen LogP contribution in [0.25, 0.3) is 0 Å². The molecule has 1 fully saturated rings. The Kier molecular flexibility index (Phi) is 4.75. The van der Waals surface area contributed by atoms with Crippen molar-refractivity contribution in [1.82, 2.24) is 5.32 Å². The third-order valence-electron chi connectivity index (χ3n) is 2.57. The molecule has 3 nitrogen and oxygen atoms in total. The molecule has 4 heteroatoms. The number of carbonyl (C=O) groups is 1. The van der Waals surface area contributed by atoms with Crippen LogP contribution in [0.5, 0.6) is 0 Å². The summed E-state index contributed by atoms with van der Waals surface area (Å²) in [5, 5.41) is 3.63. The fraction of sp³-hybridized carbons (Fsp3) is 0.900. The molecule has 1 rings (SSSR count). The lowest BCUT2D eigenvalue weighted by Crippen LogP contribution is -2.46. The minimum Gasteiger partial charge on any atom is -0.351 e. The van der Waals surface area contributed by atoms with Gasteiger partial charge in [-0.2, -0.15) is 11.8 Å². The average molecular weight is 216 g/mol. The molecule has 0 spiro atoms. The Bertz CT molecular complexity index is 197. The van der Waals surface area contributed by atoms with Crippen LogP contribution in [0, 0.1) is 0 Å². The second-order valence-electron chi connectivity index (χ2n) is 3.83. The highest BCUT2D eigenvalue weighted by molar-refractivity contribution is 7.99. The van der Waals surface area contributed by atoms with Gasteiger partial charge in [0.25, 0.3) is 0 Å². The van der Waals surface area contributed by atoms with E-state index < -0.39 is 0 Å². The zero-order valence-corrected chi connectivity index (χ0v) is 9.77. The van der Waals surface area contributed by atoms with Gasteiger partial charge in [0, 0.05) is 11.3 Å². The quantitative estimate of drug-likeness (QED) is 0.740. The summed E-state index contributed by atoms with van der Waals surface area (Å²) >= 11 is 1.95. The maximum Gasteiger partial charge on any atom is 0.236 e. The molecule has 0 bridgehead atoms. The van der Waals surface area contributed by atoms with Gasteiger partial charge in [0.05, 0.1) is 6.04 Å². The van der Waals surface area contributed by atoms with Crippen LogP contribution in [0.3, 0.4) is 0 Å². The topological polar surface area (TPSA) is 55.1 Å². The largest absolute Gasteiger partial charge is 0.351 e. The predicted molar refractivity (Wildman–Crippen MR) is 61.4 cm³/mol. The van der Waals surface area contributed by atoms with Crippen molar-refractivity contribution in [2.45, 2.75) is 50.4 Å². The van der Waals surface area contributed by atoms with Crippen LogP contribution in [0.4, 0.5) is 0 Å². The first-order valence-corrected chi connectivity index (χ1v) is 6.37. The molecule has 0 aromatic heterocycles. The lowest BCUT2D eigenvalue weighted by molar-refractivity contribution is -0.122. The third kappa shape index (κ3) is 3.17. The summed E-state index contributed by atoms with van der Waals surface area (Å²) in [6.45, 7) is 3.89. The van der Waals surface area contributed by atoms with Crippen LogP contribution >= 0.6 is 11.8 Å². The summed E-state index contributed by atoms with van der Waals surface area (Å²) in [4.78, 5) is 11.4. The number of amides is 1. The second-order valence-corrected chi connectivity index (χ2v) is 5.34. The average Bonchev–Trinajstić information content (AvgIpc) is 2.53. The highest BCUT2D eigenvalue weighted by atomic mass is 32.2. The van der Waals surface area contributed by atoms with Crippen LogP contribution in [0.15, 0.2) is 0 Å². The van der Waals surface area contributed by atoms with Crippen molar-refractivity contribution >= 4 is 17.7 Å². The number of hydrogen-bond donors (Lipinski definition) is 2. The maximum absolute atomic E-state index is 11.4. The number of hydrogen-bond acceptors (Lipinski definition) is 3. The van der Waals surface area contributed by atoms with Gasteiger partial charge in [0.15, 0.2) is 0 Å². The maximum atomic E-state index is 11.4. The van der Waals surface area contributed by atoms with Gasteiger partial charge in [-0.05, 0) is 25.5 Å². The molecule has 0 radical (unpaired) electrons. The highest BCUT2D eigenvalue weighted by Crippen LogP contribution is 2.29. The smallest absolute Gasteiger partial charge is 0.236 e. The van der Waals surface area contributed by atoms with Crippen molar-refractivity contribution in [2.24, 2.45) is 5.73 Å². The van der Waals surface area contributed by atoms with E-state index in [1.165, 1.54) is 12.8 Å². The van der Waals surface area contributed by atoms with Gasteiger partial charge >= 0.3 is 0 Å². The molecule has 0 heterocycles. The van der Waals surface area contributed by atoms with E-state index in [0.29, 0.717) is 11.3 Å². The molecule has 82 valence electrons. The number of rotatable bonds is 4. The van der Waals surface area contributed by atoms with E-state index in [0.717, 1.165) is 12.2 Å². The van der Waals surface area contributed by atoms with Crippen molar-refractivity contribution in [3.63, 3.8) is 0 Å². The van der Waals surface area contributed by atoms with E-state index in [4.69, 9.17) is 5.73 Å². The van der Waals surface area contributed by atoms with E-state index in [1.807, 2.05) is 11.8 Å². The SMILES string of the molecule is CCSC1CCCC1NC(=O)C(C)N. The van der Waals surface area contributed by atoms with E-state index in [2.05, 4.69) is 12.2 Å². The van der Waals surface area contributed by atoms with Crippen LogP contribution < -0.4 is 11.1 Å². The molecule has 0 aromatic carbocycles. The molecule has 3 unspecified atom stereocenters. The van der Waals surface area contributed by atoms with Gasteiger partial charge in [-0.25, -0.2) is 0 Å². The standard InChI is InChI=1S/C10H20N2OS/c1-3-14-9-6-4-5-8(9)12-10(13)7(2)11/h7-9H,3-6,11H2,1-2H3,(H,12,13). The molecule has 0 saturated heterocycles. The Balaban J connectivity index is 2.39. The fourth-order valence-electron chi connectivity index (χ4n) is 1.82. The minimum absolute atomic E-state index is 0.0152. The Hall–Kier alpha value is -0.220. The van der Waals surface area contributed by atoms with Crippen molar-refractivity contribution in [3.8, 4) is 0 Å². The van der Waals surface area contributed by atoms with Gasteiger partial charge in [0.2, 0.25) is 5.91 Å². The van der Waals surface area contributed by atoms with Crippen molar-refractivity contribution in [3.05, 3.63) is 0 Å². The monoisotopic (exact) mass is 216 g/mol. The lowest BCUT2D eigenvalue weighted by Gasteiger charge is -2.21. The molecule has 1 aliphatic carbocycles. The number of nitrogens with two attached hydrogens (primary N) is 1. The first kappa shape index (κ1) is 11.9. The van der Waals surface area contributed by atoms with Gasteiger partial charge in [-0.15, -0.1) is 0 Å². The minimum atomic E-state index is -0.386.